The minimum atomic E-state index is 0.0623. The summed E-state index contributed by atoms with van der Waals surface area (Å²) in [6, 6.07) is 6.39. The van der Waals surface area contributed by atoms with E-state index >= 15 is 0 Å². The second-order valence-electron chi connectivity index (χ2n) is 4.90. The second kappa shape index (κ2) is 6.26. The van der Waals surface area contributed by atoms with Gasteiger partial charge >= 0.3 is 12.0 Å². The van der Waals surface area contributed by atoms with Crippen molar-refractivity contribution in [1.82, 2.24) is 15.0 Å². The second-order valence-corrected chi connectivity index (χ2v) is 5.24. The van der Waals surface area contributed by atoms with Gasteiger partial charge < -0.3 is 9.47 Å². The zero-order chi connectivity index (χ0) is 14.7. The molecule has 0 radical (unpaired) electrons. The predicted octanol–water partition coefficient (Wildman–Crippen LogP) is 3.59. The lowest BCUT2D eigenvalue weighted by atomic mass is 10.1. The first kappa shape index (κ1) is 14.1. The van der Waals surface area contributed by atoms with Crippen molar-refractivity contribution in [3.63, 3.8) is 0 Å². The first-order valence-electron chi connectivity index (χ1n) is 7.08. The van der Waals surface area contributed by atoms with Gasteiger partial charge in [-0.15, -0.1) is 4.98 Å². The van der Waals surface area contributed by atoms with Crippen LogP contribution in [0.25, 0.3) is 0 Å². The van der Waals surface area contributed by atoms with Crippen LogP contribution in [0.4, 0.5) is 0 Å². The highest BCUT2D eigenvalue weighted by Gasteiger charge is 2.13. The van der Waals surface area contributed by atoms with Crippen molar-refractivity contribution in [1.29, 1.82) is 0 Å². The molecular weight excluding hydrogens is 290 g/mol. The molecule has 0 N–H and O–H groups in total. The van der Waals surface area contributed by atoms with E-state index in [9.17, 15) is 0 Å². The standard InChI is InChI=1S/C15H16ClN3O2/c1-2-8-20-14-17-13(16)18-15(19-14)21-12-7-6-10-4-3-5-11(10)9-12/h6-7,9H,2-5,8H2,1H3. The Balaban J connectivity index is 1.79. The van der Waals surface area contributed by atoms with Crippen molar-refractivity contribution >= 4 is 11.6 Å². The predicted molar refractivity (Wildman–Crippen MR) is 79.2 cm³/mol. The van der Waals surface area contributed by atoms with Gasteiger partial charge in [0, 0.05) is 0 Å². The molecule has 5 nitrogen and oxygen atoms in total. The van der Waals surface area contributed by atoms with E-state index in [4.69, 9.17) is 21.1 Å². The van der Waals surface area contributed by atoms with Crippen LogP contribution in [0, 0.1) is 0 Å². The number of halogens is 1. The third kappa shape index (κ3) is 3.42. The van der Waals surface area contributed by atoms with E-state index in [1.54, 1.807) is 0 Å². The molecule has 0 aliphatic heterocycles. The summed E-state index contributed by atoms with van der Waals surface area (Å²) in [5, 5.41) is 0.0623. The lowest BCUT2D eigenvalue weighted by molar-refractivity contribution is 0.284. The Morgan fingerprint density at radius 2 is 1.90 bits per heavy atom. The van der Waals surface area contributed by atoms with E-state index in [1.807, 2.05) is 19.1 Å². The highest BCUT2D eigenvalue weighted by atomic mass is 35.5. The number of aromatic nitrogens is 3. The summed E-state index contributed by atoms with van der Waals surface area (Å²) in [7, 11) is 0. The Labute approximate surface area is 128 Å². The van der Waals surface area contributed by atoms with Crippen LogP contribution in [-0.4, -0.2) is 21.6 Å². The molecule has 0 spiro atoms. The number of aryl methyl sites for hydroxylation is 2. The molecule has 0 unspecified atom stereocenters. The quantitative estimate of drug-likeness (QED) is 0.845. The Morgan fingerprint density at radius 3 is 2.76 bits per heavy atom. The Hall–Kier alpha value is -1.88. The monoisotopic (exact) mass is 305 g/mol. The lowest BCUT2D eigenvalue weighted by Crippen LogP contribution is -2.03. The van der Waals surface area contributed by atoms with E-state index in [0.717, 1.165) is 19.3 Å². The minimum absolute atomic E-state index is 0.0623. The zero-order valence-corrected chi connectivity index (χ0v) is 12.6. The molecule has 3 rings (SSSR count). The molecule has 0 saturated heterocycles. The number of fused-ring (bicyclic) bond motifs is 1. The molecule has 0 atom stereocenters. The highest BCUT2D eigenvalue weighted by molar-refractivity contribution is 6.28. The third-order valence-corrected chi connectivity index (χ3v) is 3.45. The molecule has 0 amide bonds. The van der Waals surface area contributed by atoms with Crippen LogP contribution in [0.15, 0.2) is 18.2 Å². The summed E-state index contributed by atoms with van der Waals surface area (Å²) in [5.74, 6) is 0.708. The Morgan fingerprint density at radius 1 is 1.10 bits per heavy atom. The van der Waals surface area contributed by atoms with Crippen LogP contribution in [0.5, 0.6) is 17.8 Å². The van der Waals surface area contributed by atoms with Crippen molar-refractivity contribution in [2.75, 3.05) is 6.61 Å². The molecular formula is C15H16ClN3O2. The van der Waals surface area contributed by atoms with Gasteiger partial charge in [-0.05, 0) is 60.5 Å². The molecule has 1 aliphatic rings. The van der Waals surface area contributed by atoms with Crippen LogP contribution in [0.2, 0.25) is 5.28 Å². The maximum Gasteiger partial charge on any atom is 0.329 e. The first-order chi connectivity index (χ1) is 10.2. The number of rotatable bonds is 5. The minimum Gasteiger partial charge on any atom is -0.463 e. The van der Waals surface area contributed by atoms with Crippen LogP contribution in [0.3, 0.4) is 0 Å². The largest absolute Gasteiger partial charge is 0.463 e. The Bertz CT molecular complexity index is 649. The molecule has 1 heterocycles. The smallest absolute Gasteiger partial charge is 0.329 e. The SMILES string of the molecule is CCCOc1nc(Cl)nc(Oc2ccc3c(c2)CCC3)n1. The van der Waals surface area contributed by atoms with Gasteiger partial charge in [-0.1, -0.05) is 13.0 Å². The molecule has 110 valence electrons. The van der Waals surface area contributed by atoms with Crippen molar-refractivity contribution < 1.29 is 9.47 Å². The van der Waals surface area contributed by atoms with E-state index in [-0.39, 0.29) is 17.3 Å². The van der Waals surface area contributed by atoms with Crippen molar-refractivity contribution in [3.05, 3.63) is 34.6 Å². The number of benzene rings is 1. The molecule has 6 heteroatoms. The van der Waals surface area contributed by atoms with Gasteiger partial charge in [0.15, 0.2) is 0 Å². The molecule has 0 saturated carbocycles. The number of ether oxygens (including phenoxy) is 2. The Kier molecular flexibility index (Phi) is 4.20. The maximum atomic E-state index is 5.87. The molecule has 2 aromatic rings. The van der Waals surface area contributed by atoms with Gasteiger partial charge in [0.1, 0.15) is 5.75 Å². The fourth-order valence-electron chi connectivity index (χ4n) is 2.34. The van der Waals surface area contributed by atoms with Crippen LogP contribution in [0.1, 0.15) is 30.9 Å². The van der Waals surface area contributed by atoms with Crippen molar-refractivity contribution in [2.45, 2.75) is 32.6 Å². The van der Waals surface area contributed by atoms with Gasteiger partial charge in [-0.2, -0.15) is 9.97 Å². The summed E-state index contributed by atoms with van der Waals surface area (Å²) in [6.07, 6.45) is 4.30. The fraction of sp³-hybridized carbons (Fsp3) is 0.400. The summed E-state index contributed by atoms with van der Waals surface area (Å²) in [5.41, 5.74) is 2.72. The molecule has 1 aliphatic carbocycles. The van der Waals surface area contributed by atoms with Crippen LogP contribution in [-0.2, 0) is 12.8 Å². The first-order valence-corrected chi connectivity index (χ1v) is 7.46. The fourth-order valence-corrected chi connectivity index (χ4v) is 2.48. The summed E-state index contributed by atoms with van der Waals surface area (Å²) in [6.45, 7) is 2.53. The molecule has 21 heavy (non-hydrogen) atoms. The highest BCUT2D eigenvalue weighted by Crippen LogP contribution is 2.28. The van der Waals surface area contributed by atoms with E-state index in [1.165, 1.54) is 17.5 Å². The summed E-state index contributed by atoms with van der Waals surface area (Å²) >= 11 is 5.87. The van der Waals surface area contributed by atoms with Gasteiger partial charge in [0.05, 0.1) is 6.61 Å². The lowest BCUT2D eigenvalue weighted by Gasteiger charge is -2.08. The zero-order valence-electron chi connectivity index (χ0n) is 11.8. The van der Waals surface area contributed by atoms with Crippen LogP contribution < -0.4 is 9.47 Å². The normalized spacial score (nSPS) is 13.0. The molecule has 0 fully saturated rings. The van der Waals surface area contributed by atoms with Crippen LogP contribution >= 0.6 is 11.6 Å². The van der Waals surface area contributed by atoms with E-state index in [0.29, 0.717) is 12.4 Å². The van der Waals surface area contributed by atoms with Gasteiger partial charge in [0.25, 0.3) is 0 Å². The molecule has 1 aromatic carbocycles. The maximum absolute atomic E-state index is 5.87. The van der Waals surface area contributed by atoms with Crippen molar-refractivity contribution in [3.8, 4) is 17.8 Å². The average Bonchev–Trinajstić information content (AvgIpc) is 2.92. The molecule has 1 aromatic heterocycles. The molecule has 0 bridgehead atoms. The van der Waals surface area contributed by atoms with Gasteiger partial charge in [-0.3, -0.25) is 0 Å². The van der Waals surface area contributed by atoms with Gasteiger partial charge in [0.2, 0.25) is 5.28 Å². The van der Waals surface area contributed by atoms with Crippen molar-refractivity contribution in [2.24, 2.45) is 0 Å². The number of nitrogens with zero attached hydrogens (tertiary/aromatic N) is 3. The third-order valence-electron chi connectivity index (χ3n) is 3.28. The number of hydrogen-bond donors (Lipinski definition) is 0. The van der Waals surface area contributed by atoms with E-state index in [2.05, 4.69) is 21.0 Å². The average molecular weight is 306 g/mol. The summed E-state index contributed by atoms with van der Waals surface area (Å²) in [4.78, 5) is 12.0. The van der Waals surface area contributed by atoms with Gasteiger partial charge in [-0.25, -0.2) is 0 Å². The summed E-state index contributed by atoms with van der Waals surface area (Å²) < 4.78 is 11.0. The van der Waals surface area contributed by atoms with E-state index < -0.39 is 0 Å². The topological polar surface area (TPSA) is 57.1 Å². The number of hydrogen-bond acceptors (Lipinski definition) is 5.